The fourth-order valence-electron chi connectivity index (χ4n) is 3.12. The number of carboxylic acid groups (broad SMARTS) is 1. The number of aliphatic carboxylic acids is 1. The Bertz CT molecular complexity index is 476. The summed E-state index contributed by atoms with van der Waals surface area (Å²) in [5.74, 6) is -0.751. The molecule has 0 radical (unpaired) electrons. The summed E-state index contributed by atoms with van der Waals surface area (Å²) in [5, 5.41) is 9.58. The van der Waals surface area contributed by atoms with Gasteiger partial charge in [-0.2, -0.15) is 0 Å². The Balaban J connectivity index is 1.88. The molecule has 3 heterocycles. The number of ether oxygens (including phenoxy) is 1. The maximum atomic E-state index is 11.7. The fourth-order valence-corrected chi connectivity index (χ4v) is 3.36. The second-order valence-electron chi connectivity index (χ2n) is 5.13. The first-order valence-electron chi connectivity index (χ1n) is 6.09. The predicted molar refractivity (Wildman–Crippen MR) is 68.2 cm³/mol. The zero-order chi connectivity index (χ0) is 12.8. The first kappa shape index (κ1) is 12.1. The Hall–Kier alpha value is -0.940. The highest BCUT2D eigenvalue weighted by Gasteiger charge is 2.57. The summed E-state index contributed by atoms with van der Waals surface area (Å²) < 4.78 is 6.63. The van der Waals surface area contributed by atoms with Crippen LogP contribution in [0.5, 0.6) is 0 Å². The second kappa shape index (κ2) is 4.31. The van der Waals surface area contributed by atoms with Crippen LogP contribution in [0, 0.1) is 5.41 Å². The van der Waals surface area contributed by atoms with Gasteiger partial charge in [-0.05, 0) is 47.3 Å². The first-order chi connectivity index (χ1) is 8.60. The molecule has 1 N–H and O–H groups in total. The molecule has 2 saturated heterocycles. The van der Waals surface area contributed by atoms with Gasteiger partial charge in [0, 0.05) is 22.8 Å². The van der Waals surface area contributed by atoms with Crippen molar-refractivity contribution in [1.82, 2.24) is 4.98 Å². The summed E-state index contributed by atoms with van der Waals surface area (Å²) >= 11 is 3.33. The zero-order valence-corrected chi connectivity index (χ0v) is 11.4. The molecule has 4 nitrogen and oxygen atoms in total. The van der Waals surface area contributed by atoms with Crippen LogP contribution in [-0.4, -0.2) is 28.3 Å². The summed E-state index contributed by atoms with van der Waals surface area (Å²) in [5.41, 5.74) is 0.0424. The molecule has 2 fully saturated rings. The van der Waals surface area contributed by atoms with Gasteiger partial charge in [0.15, 0.2) is 0 Å². The Kier molecular flexibility index (Phi) is 2.90. The summed E-state index contributed by atoms with van der Waals surface area (Å²) in [7, 11) is 0. The van der Waals surface area contributed by atoms with E-state index in [9.17, 15) is 9.90 Å². The van der Waals surface area contributed by atoms with Crippen molar-refractivity contribution >= 4 is 21.9 Å². The van der Waals surface area contributed by atoms with Crippen molar-refractivity contribution in [2.24, 2.45) is 5.41 Å². The molecule has 2 bridgehead atoms. The minimum Gasteiger partial charge on any atom is -0.481 e. The lowest BCUT2D eigenvalue weighted by molar-refractivity contribution is -0.152. The van der Waals surface area contributed by atoms with Gasteiger partial charge in [-0.25, -0.2) is 0 Å². The number of rotatable bonds is 3. The second-order valence-corrected chi connectivity index (χ2v) is 6.05. The van der Waals surface area contributed by atoms with E-state index in [1.165, 1.54) is 0 Å². The van der Waals surface area contributed by atoms with Crippen LogP contribution in [0.1, 0.15) is 25.0 Å². The first-order valence-corrected chi connectivity index (χ1v) is 6.89. The molecule has 0 aromatic carbocycles. The number of aromatic nitrogens is 1. The van der Waals surface area contributed by atoms with Gasteiger partial charge < -0.3 is 9.84 Å². The summed E-state index contributed by atoms with van der Waals surface area (Å²) in [6, 6.07) is 3.77. The summed E-state index contributed by atoms with van der Waals surface area (Å²) in [6.07, 6.45) is 4.61. The maximum Gasteiger partial charge on any atom is 0.312 e. The molecular formula is C13H14BrNO3. The van der Waals surface area contributed by atoms with Gasteiger partial charge in [0.25, 0.3) is 0 Å². The maximum absolute atomic E-state index is 11.7. The van der Waals surface area contributed by atoms with E-state index in [1.54, 1.807) is 6.20 Å². The van der Waals surface area contributed by atoms with E-state index in [2.05, 4.69) is 20.9 Å². The lowest BCUT2D eigenvalue weighted by Crippen LogP contribution is -2.42. The van der Waals surface area contributed by atoms with E-state index in [0.29, 0.717) is 12.8 Å². The molecule has 18 heavy (non-hydrogen) atoms. The van der Waals surface area contributed by atoms with Gasteiger partial charge >= 0.3 is 5.97 Å². The van der Waals surface area contributed by atoms with Crippen LogP contribution in [-0.2, 0) is 16.0 Å². The van der Waals surface area contributed by atoms with Crippen LogP contribution in [0.25, 0.3) is 0 Å². The molecule has 2 aliphatic heterocycles. The van der Waals surface area contributed by atoms with Gasteiger partial charge in [0.2, 0.25) is 0 Å². The van der Waals surface area contributed by atoms with E-state index in [4.69, 9.17) is 4.74 Å². The van der Waals surface area contributed by atoms with Gasteiger partial charge in [0.05, 0.1) is 12.2 Å². The SMILES string of the molecule is O=C(O)C1(Cc2ccc(Br)cn2)CC2CCC1O2. The highest BCUT2D eigenvalue weighted by molar-refractivity contribution is 9.10. The Morgan fingerprint density at radius 1 is 1.56 bits per heavy atom. The third kappa shape index (κ3) is 1.86. The molecule has 0 saturated carbocycles. The smallest absolute Gasteiger partial charge is 0.312 e. The Morgan fingerprint density at radius 2 is 2.39 bits per heavy atom. The molecule has 96 valence electrons. The summed E-state index contributed by atoms with van der Waals surface area (Å²) in [4.78, 5) is 16.0. The van der Waals surface area contributed by atoms with Crippen LogP contribution in [0.3, 0.4) is 0 Å². The zero-order valence-electron chi connectivity index (χ0n) is 9.80. The van der Waals surface area contributed by atoms with Crippen LogP contribution in [0.15, 0.2) is 22.8 Å². The highest BCUT2D eigenvalue weighted by Crippen LogP contribution is 2.49. The number of halogens is 1. The standard InChI is InChI=1S/C13H14BrNO3/c14-8-1-2-9(15-7-8)5-13(12(16)17)6-10-3-4-11(13)18-10/h1-2,7,10-11H,3-6H2,(H,16,17). The molecule has 0 aliphatic carbocycles. The number of nitrogens with zero attached hydrogens (tertiary/aromatic N) is 1. The number of hydrogen-bond acceptors (Lipinski definition) is 3. The molecular weight excluding hydrogens is 298 g/mol. The van der Waals surface area contributed by atoms with Crippen molar-refractivity contribution in [3.8, 4) is 0 Å². The van der Waals surface area contributed by atoms with E-state index >= 15 is 0 Å². The number of carbonyl (C=O) groups is 1. The van der Waals surface area contributed by atoms with Gasteiger partial charge in [-0.15, -0.1) is 0 Å². The third-order valence-electron chi connectivity index (χ3n) is 4.03. The van der Waals surface area contributed by atoms with E-state index < -0.39 is 11.4 Å². The van der Waals surface area contributed by atoms with Gasteiger partial charge in [0.1, 0.15) is 5.41 Å². The average Bonchev–Trinajstić information content (AvgIpc) is 2.93. The van der Waals surface area contributed by atoms with Crippen molar-refractivity contribution in [2.45, 2.75) is 37.9 Å². The lowest BCUT2D eigenvalue weighted by Gasteiger charge is -2.30. The topological polar surface area (TPSA) is 59.4 Å². The van der Waals surface area contributed by atoms with Crippen molar-refractivity contribution in [3.63, 3.8) is 0 Å². The van der Waals surface area contributed by atoms with Crippen molar-refractivity contribution < 1.29 is 14.6 Å². The van der Waals surface area contributed by atoms with E-state index in [-0.39, 0.29) is 12.2 Å². The highest BCUT2D eigenvalue weighted by atomic mass is 79.9. The number of hydrogen-bond donors (Lipinski definition) is 1. The number of pyridine rings is 1. The van der Waals surface area contributed by atoms with Crippen LogP contribution < -0.4 is 0 Å². The monoisotopic (exact) mass is 311 g/mol. The van der Waals surface area contributed by atoms with Crippen LogP contribution in [0.2, 0.25) is 0 Å². The number of fused-ring (bicyclic) bond motifs is 2. The minimum absolute atomic E-state index is 0.126. The van der Waals surface area contributed by atoms with Gasteiger partial charge in [-0.1, -0.05) is 0 Å². The fraction of sp³-hybridized carbons (Fsp3) is 0.538. The largest absolute Gasteiger partial charge is 0.481 e. The van der Waals surface area contributed by atoms with Gasteiger partial charge in [-0.3, -0.25) is 9.78 Å². The normalized spacial score (nSPS) is 33.8. The quantitative estimate of drug-likeness (QED) is 0.931. The molecule has 3 atom stereocenters. The molecule has 0 spiro atoms. The molecule has 5 heteroatoms. The van der Waals surface area contributed by atoms with E-state index in [0.717, 1.165) is 23.0 Å². The number of carboxylic acids is 1. The molecule has 1 aromatic rings. The Morgan fingerprint density at radius 3 is 2.89 bits per heavy atom. The molecule has 1 aromatic heterocycles. The average molecular weight is 312 g/mol. The van der Waals surface area contributed by atoms with Crippen LogP contribution in [0.4, 0.5) is 0 Å². The molecule has 2 aliphatic rings. The van der Waals surface area contributed by atoms with Crippen molar-refractivity contribution in [1.29, 1.82) is 0 Å². The summed E-state index contributed by atoms with van der Waals surface area (Å²) in [6.45, 7) is 0. The van der Waals surface area contributed by atoms with Crippen molar-refractivity contribution in [3.05, 3.63) is 28.5 Å². The third-order valence-corrected chi connectivity index (χ3v) is 4.50. The van der Waals surface area contributed by atoms with Crippen LogP contribution >= 0.6 is 15.9 Å². The lowest BCUT2D eigenvalue weighted by atomic mass is 9.71. The molecule has 0 amide bonds. The Labute approximate surface area is 113 Å². The van der Waals surface area contributed by atoms with E-state index in [1.807, 2.05) is 12.1 Å². The molecule has 3 rings (SSSR count). The minimum atomic E-state index is -0.774. The van der Waals surface area contributed by atoms with Crippen molar-refractivity contribution in [2.75, 3.05) is 0 Å². The molecule has 3 unspecified atom stereocenters. The predicted octanol–water partition coefficient (Wildman–Crippen LogP) is 2.41.